The molecule has 6 rings (SSSR count). The van der Waals surface area contributed by atoms with E-state index in [9.17, 15) is 0 Å². The van der Waals surface area contributed by atoms with Crippen molar-refractivity contribution in [2.75, 3.05) is 21.6 Å². The van der Waals surface area contributed by atoms with E-state index in [2.05, 4.69) is 77.9 Å². The summed E-state index contributed by atoms with van der Waals surface area (Å²) in [6, 6.07) is 18.6. The highest BCUT2D eigenvalue weighted by Gasteiger charge is 2.47. The summed E-state index contributed by atoms with van der Waals surface area (Å²) in [5.41, 5.74) is 4.38. The summed E-state index contributed by atoms with van der Waals surface area (Å²) >= 11 is 0. The van der Waals surface area contributed by atoms with Crippen LogP contribution >= 0.6 is 0 Å². The molecule has 0 N–H and O–H groups in total. The Morgan fingerprint density at radius 2 is 1.65 bits per heavy atom. The third kappa shape index (κ3) is 2.52. The van der Waals surface area contributed by atoms with Crippen molar-refractivity contribution in [1.82, 2.24) is 9.97 Å². The number of anilines is 4. The van der Waals surface area contributed by atoms with Gasteiger partial charge in [0.25, 0.3) is 0 Å². The van der Waals surface area contributed by atoms with E-state index in [0.717, 1.165) is 39.7 Å². The zero-order valence-corrected chi connectivity index (χ0v) is 17.7. The Morgan fingerprint density at radius 1 is 0.935 bits per heavy atom. The first-order valence-electron chi connectivity index (χ1n) is 10.5. The number of benzene rings is 2. The molecule has 0 amide bonds. The Labute approximate surface area is 181 Å². The van der Waals surface area contributed by atoms with E-state index in [4.69, 9.17) is 14.4 Å². The molecule has 152 valence electrons. The maximum Gasteiger partial charge on any atom is 0.411 e. The fraction of sp³-hybridized carbons (Fsp3) is 0.167. The van der Waals surface area contributed by atoms with Gasteiger partial charge in [-0.05, 0) is 39.1 Å². The normalized spacial score (nSPS) is 17.8. The van der Waals surface area contributed by atoms with Crippen LogP contribution in [0.1, 0.15) is 19.4 Å². The van der Waals surface area contributed by atoms with Gasteiger partial charge in [0.2, 0.25) is 0 Å². The SMILES string of the molecule is CC1=Cc2c(oc3ccccc23)N(C)B1N1c2nccnc2N(c2ccccc2)[C@@H]1C. The second-order valence-corrected chi connectivity index (χ2v) is 8.14. The van der Waals surface area contributed by atoms with Crippen molar-refractivity contribution in [2.24, 2.45) is 0 Å². The summed E-state index contributed by atoms with van der Waals surface area (Å²) in [5, 5.41) is 1.14. The Morgan fingerprint density at radius 3 is 2.45 bits per heavy atom. The molecule has 1 atom stereocenters. The van der Waals surface area contributed by atoms with Gasteiger partial charge in [0.05, 0.1) is 6.17 Å². The first-order valence-corrected chi connectivity index (χ1v) is 10.5. The Kier molecular flexibility index (Phi) is 3.87. The number of hydrogen-bond acceptors (Lipinski definition) is 6. The number of rotatable bonds is 2. The largest absolute Gasteiger partial charge is 0.441 e. The Bertz CT molecular complexity index is 1320. The summed E-state index contributed by atoms with van der Waals surface area (Å²) in [7, 11) is 2.09. The van der Waals surface area contributed by atoms with Crippen LogP contribution in [0.3, 0.4) is 0 Å². The van der Waals surface area contributed by atoms with Gasteiger partial charge in [0, 0.05) is 29.0 Å². The molecule has 0 spiro atoms. The molecule has 0 bridgehead atoms. The summed E-state index contributed by atoms with van der Waals surface area (Å²) in [6.45, 7) is 4.35. The van der Waals surface area contributed by atoms with E-state index < -0.39 is 0 Å². The highest BCUT2D eigenvalue weighted by molar-refractivity contribution is 6.75. The lowest BCUT2D eigenvalue weighted by molar-refractivity contribution is 0.617. The summed E-state index contributed by atoms with van der Waals surface area (Å²) < 4.78 is 6.28. The van der Waals surface area contributed by atoms with Gasteiger partial charge in [-0.2, -0.15) is 0 Å². The molecule has 4 aromatic rings. The zero-order valence-electron chi connectivity index (χ0n) is 17.7. The van der Waals surface area contributed by atoms with Crippen LogP contribution in [0, 0.1) is 0 Å². The third-order valence-electron chi connectivity index (χ3n) is 6.29. The lowest BCUT2D eigenvalue weighted by Crippen LogP contribution is -2.58. The minimum Gasteiger partial charge on any atom is -0.441 e. The first-order chi connectivity index (χ1) is 15.1. The van der Waals surface area contributed by atoms with Crippen LogP contribution in [0.25, 0.3) is 17.0 Å². The van der Waals surface area contributed by atoms with Crippen LogP contribution in [0.5, 0.6) is 0 Å². The molecule has 7 heteroatoms. The van der Waals surface area contributed by atoms with E-state index in [-0.39, 0.29) is 13.1 Å². The third-order valence-corrected chi connectivity index (χ3v) is 6.29. The van der Waals surface area contributed by atoms with Crippen LogP contribution in [0.2, 0.25) is 0 Å². The van der Waals surface area contributed by atoms with E-state index in [1.165, 1.54) is 5.47 Å². The molecule has 6 nitrogen and oxygen atoms in total. The van der Waals surface area contributed by atoms with Crippen molar-refractivity contribution >= 4 is 47.2 Å². The first kappa shape index (κ1) is 18.1. The smallest absolute Gasteiger partial charge is 0.411 e. The summed E-state index contributed by atoms with van der Waals surface area (Å²) in [4.78, 5) is 16.2. The summed E-state index contributed by atoms with van der Waals surface area (Å²) in [5.74, 6) is 2.63. The highest BCUT2D eigenvalue weighted by atomic mass is 16.4. The van der Waals surface area contributed by atoms with Crippen LogP contribution in [-0.4, -0.2) is 30.2 Å². The van der Waals surface area contributed by atoms with Crippen molar-refractivity contribution in [3.63, 3.8) is 0 Å². The van der Waals surface area contributed by atoms with Gasteiger partial charge >= 0.3 is 6.98 Å². The molecular weight excluding hydrogens is 385 g/mol. The Balaban J connectivity index is 1.49. The number of allylic oxidation sites excluding steroid dienone is 1. The van der Waals surface area contributed by atoms with E-state index >= 15 is 0 Å². The van der Waals surface area contributed by atoms with Crippen molar-refractivity contribution in [3.05, 3.63) is 78.0 Å². The molecular formula is C24H22BN5O. The minimum absolute atomic E-state index is 0.0292. The summed E-state index contributed by atoms with van der Waals surface area (Å²) in [6.07, 6.45) is 5.80. The van der Waals surface area contributed by atoms with Crippen LogP contribution < -0.4 is 14.5 Å². The zero-order chi connectivity index (χ0) is 21.1. The standard InChI is InChI=1S/C24H22BN5O/c1-16-15-20-19-11-7-8-12-21(19)31-24(20)28(3)25(16)30-17(2)29(18-9-5-4-6-10-18)22-23(30)27-14-13-26-22/h4-15,17H,1-3H3/t17-/m0/s1. The van der Waals surface area contributed by atoms with E-state index in [1.807, 2.05) is 18.2 Å². The van der Waals surface area contributed by atoms with Crippen molar-refractivity contribution in [3.8, 4) is 0 Å². The van der Waals surface area contributed by atoms with Crippen molar-refractivity contribution in [1.29, 1.82) is 0 Å². The molecule has 0 saturated carbocycles. The topological polar surface area (TPSA) is 48.6 Å². The maximum atomic E-state index is 6.28. The van der Waals surface area contributed by atoms with Gasteiger partial charge in [0.15, 0.2) is 17.5 Å². The average molecular weight is 407 g/mol. The van der Waals surface area contributed by atoms with Gasteiger partial charge in [-0.15, -0.1) is 0 Å². The predicted molar refractivity (Wildman–Crippen MR) is 127 cm³/mol. The van der Waals surface area contributed by atoms with E-state index in [0.29, 0.717) is 0 Å². The number of fused-ring (bicyclic) bond motifs is 4. The van der Waals surface area contributed by atoms with Gasteiger partial charge in [0.1, 0.15) is 5.58 Å². The fourth-order valence-corrected chi connectivity index (χ4v) is 4.98. The number of furan rings is 1. The number of para-hydroxylation sites is 2. The van der Waals surface area contributed by atoms with Crippen LogP contribution in [0.4, 0.5) is 23.2 Å². The van der Waals surface area contributed by atoms with E-state index in [1.54, 1.807) is 12.4 Å². The van der Waals surface area contributed by atoms with Crippen LogP contribution in [0.15, 0.2) is 76.9 Å². The highest BCUT2D eigenvalue weighted by Crippen LogP contribution is 2.45. The van der Waals surface area contributed by atoms with Gasteiger partial charge in [-0.1, -0.05) is 47.9 Å². The molecule has 0 unspecified atom stereocenters. The monoisotopic (exact) mass is 407 g/mol. The second-order valence-electron chi connectivity index (χ2n) is 8.14. The van der Waals surface area contributed by atoms with Gasteiger partial charge in [-0.3, -0.25) is 0 Å². The predicted octanol–water partition coefficient (Wildman–Crippen LogP) is 5.11. The Hall–Kier alpha value is -3.74. The quantitative estimate of drug-likeness (QED) is 0.431. The molecule has 2 aliphatic heterocycles. The molecule has 0 aliphatic carbocycles. The van der Waals surface area contributed by atoms with Crippen molar-refractivity contribution in [2.45, 2.75) is 20.0 Å². The molecule has 0 fully saturated rings. The molecule has 2 aliphatic rings. The van der Waals surface area contributed by atoms with Crippen molar-refractivity contribution < 1.29 is 4.42 Å². The minimum atomic E-state index is -0.0350. The molecule has 4 heterocycles. The lowest BCUT2D eigenvalue weighted by Gasteiger charge is -2.39. The number of aromatic nitrogens is 2. The molecule has 0 saturated heterocycles. The second kappa shape index (κ2) is 6.64. The molecule has 31 heavy (non-hydrogen) atoms. The molecule has 2 aromatic heterocycles. The molecule has 0 radical (unpaired) electrons. The fourth-order valence-electron chi connectivity index (χ4n) is 4.98. The van der Waals surface area contributed by atoms with Gasteiger partial charge in [-0.25, -0.2) is 9.97 Å². The lowest BCUT2D eigenvalue weighted by atomic mass is 9.61. The number of hydrogen-bond donors (Lipinski definition) is 0. The average Bonchev–Trinajstić information content (AvgIpc) is 3.30. The van der Waals surface area contributed by atoms with Crippen LogP contribution in [-0.2, 0) is 0 Å². The number of nitrogens with zero attached hydrogens (tertiary/aromatic N) is 5. The maximum absolute atomic E-state index is 6.28. The van der Waals surface area contributed by atoms with Gasteiger partial charge < -0.3 is 18.9 Å². The molecule has 2 aromatic carbocycles.